The van der Waals surface area contributed by atoms with Crippen LogP contribution < -0.4 is 0 Å². The molecule has 0 saturated carbocycles. The van der Waals surface area contributed by atoms with Gasteiger partial charge in [-0.15, -0.1) is 24.9 Å². The van der Waals surface area contributed by atoms with E-state index in [-0.39, 0.29) is 46.4 Å². The smallest absolute Gasteiger partial charge is 0.247 e. The summed E-state index contributed by atoms with van der Waals surface area (Å²) in [7, 11) is 0. The SMILES string of the molecule is C=CCN(Cc1ccccc1)C(=O)[C@H]1[C@H]2C(=O)N([C@@H](CO)CC(C)C)C(C(=O)N(CC=C)C(C)CCC)C23CC(Br)[C@@H]1S3. The molecular formula is C34H48BrN3O4S. The topological polar surface area (TPSA) is 81.2 Å². The summed E-state index contributed by atoms with van der Waals surface area (Å²) in [5.74, 6) is -1.38. The molecule has 1 aromatic carbocycles. The molecule has 3 saturated heterocycles. The van der Waals surface area contributed by atoms with Crippen LogP contribution in [0.25, 0.3) is 0 Å². The van der Waals surface area contributed by atoms with Gasteiger partial charge in [0.25, 0.3) is 0 Å². The molecule has 4 rings (SSSR count). The highest BCUT2D eigenvalue weighted by Gasteiger charge is 2.76. The molecule has 43 heavy (non-hydrogen) atoms. The standard InChI is InChI=1S/C34H48BrN3O4S/c1-7-13-23(6)37(17-9-3)33(42)30-34-19-26(35)29(43-34)27(28(34)32(41)38(30)25(21-39)18-22(4)5)31(40)36(16-8-2)20-24-14-11-10-12-15-24/h8-12,14-15,22-23,25-30,39H,2-3,7,13,16-21H2,1,4-6H3/t23?,25-,26?,27+,28+,29+,30?,34?/m1/s1. The van der Waals surface area contributed by atoms with E-state index in [1.165, 1.54) is 0 Å². The average molecular weight is 675 g/mol. The van der Waals surface area contributed by atoms with Gasteiger partial charge in [-0.2, -0.15) is 0 Å². The van der Waals surface area contributed by atoms with Gasteiger partial charge in [0.05, 0.1) is 29.2 Å². The van der Waals surface area contributed by atoms with E-state index in [1.54, 1.807) is 33.7 Å². The minimum Gasteiger partial charge on any atom is -0.394 e. The zero-order valence-electron chi connectivity index (χ0n) is 26.0. The van der Waals surface area contributed by atoms with Crippen molar-refractivity contribution in [2.45, 2.75) is 92.9 Å². The molecule has 9 heteroatoms. The van der Waals surface area contributed by atoms with E-state index >= 15 is 0 Å². The third-order valence-corrected chi connectivity index (χ3v) is 12.5. The molecule has 3 aliphatic heterocycles. The maximum atomic E-state index is 14.8. The molecule has 0 aliphatic carbocycles. The summed E-state index contributed by atoms with van der Waals surface area (Å²) in [6.07, 6.45) is 6.41. The number of likely N-dealkylation sites (tertiary alicyclic amines) is 1. The van der Waals surface area contributed by atoms with Crippen LogP contribution in [0.5, 0.6) is 0 Å². The van der Waals surface area contributed by atoms with Crippen LogP contribution in [0.2, 0.25) is 0 Å². The molecule has 3 amide bonds. The number of benzene rings is 1. The Kier molecular flexibility index (Phi) is 11.3. The summed E-state index contributed by atoms with van der Waals surface area (Å²) in [6.45, 7) is 17.0. The summed E-state index contributed by atoms with van der Waals surface area (Å²) in [5.41, 5.74) is 1.01. The number of aliphatic hydroxyl groups excluding tert-OH is 1. The molecule has 0 aromatic heterocycles. The van der Waals surface area contributed by atoms with Gasteiger partial charge in [0.15, 0.2) is 0 Å². The third kappa shape index (κ3) is 6.36. The fraction of sp³-hybridized carbons (Fsp3) is 0.618. The monoisotopic (exact) mass is 673 g/mol. The van der Waals surface area contributed by atoms with Crippen LogP contribution >= 0.6 is 27.7 Å². The van der Waals surface area contributed by atoms with Gasteiger partial charge in [-0.3, -0.25) is 14.4 Å². The number of nitrogens with zero attached hydrogens (tertiary/aromatic N) is 3. The van der Waals surface area contributed by atoms with Gasteiger partial charge >= 0.3 is 0 Å². The van der Waals surface area contributed by atoms with E-state index in [0.717, 1.165) is 18.4 Å². The van der Waals surface area contributed by atoms with Crippen molar-refractivity contribution < 1.29 is 19.5 Å². The first-order chi connectivity index (χ1) is 20.6. The molecule has 1 N–H and O–H groups in total. The molecule has 0 radical (unpaired) electrons. The normalized spacial score (nSPS) is 29.0. The third-order valence-electron chi connectivity index (χ3n) is 9.32. The van der Waals surface area contributed by atoms with E-state index < -0.39 is 28.7 Å². The average Bonchev–Trinajstić information content (AvgIpc) is 3.57. The van der Waals surface area contributed by atoms with Crippen LogP contribution in [0.3, 0.4) is 0 Å². The van der Waals surface area contributed by atoms with Gasteiger partial charge in [-0.05, 0) is 37.7 Å². The zero-order valence-corrected chi connectivity index (χ0v) is 28.4. The maximum absolute atomic E-state index is 14.8. The molecule has 236 valence electrons. The van der Waals surface area contributed by atoms with Crippen molar-refractivity contribution in [2.75, 3.05) is 19.7 Å². The molecular weight excluding hydrogens is 626 g/mol. The van der Waals surface area contributed by atoms with Crippen LogP contribution in [0, 0.1) is 17.8 Å². The summed E-state index contributed by atoms with van der Waals surface area (Å²) in [6, 6.07) is 8.54. The molecule has 1 spiro atoms. The van der Waals surface area contributed by atoms with E-state index in [9.17, 15) is 19.5 Å². The molecule has 7 nitrogen and oxygen atoms in total. The van der Waals surface area contributed by atoms with E-state index in [4.69, 9.17) is 0 Å². The Bertz CT molecular complexity index is 1180. The first-order valence-electron chi connectivity index (χ1n) is 15.7. The fourth-order valence-corrected chi connectivity index (χ4v) is 11.2. The molecule has 2 bridgehead atoms. The number of aliphatic hydroxyl groups is 1. The van der Waals surface area contributed by atoms with Crippen LogP contribution in [-0.4, -0.2) is 90.2 Å². The molecule has 3 heterocycles. The summed E-state index contributed by atoms with van der Waals surface area (Å²) in [5, 5.41) is 10.5. The highest BCUT2D eigenvalue weighted by atomic mass is 79.9. The van der Waals surface area contributed by atoms with Gasteiger partial charge < -0.3 is 19.8 Å². The lowest BCUT2D eigenvalue weighted by atomic mass is 9.70. The van der Waals surface area contributed by atoms with Crippen LogP contribution in [0.1, 0.15) is 58.9 Å². The number of carbonyl (C=O) groups excluding carboxylic acids is 3. The number of fused-ring (bicyclic) bond motifs is 1. The Balaban J connectivity index is 1.80. The Hall–Kier alpha value is -2.10. The van der Waals surface area contributed by atoms with Crippen molar-refractivity contribution in [3.63, 3.8) is 0 Å². The van der Waals surface area contributed by atoms with E-state index in [2.05, 4.69) is 56.8 Å². The van der Waals surface area contributed by atoms with Crippen molar-refractivity contribution in [1.82, 2.24) is 14.7 Å². The van der Waals surface area contributed by atoms with Crippen molar-refractivity contribution >= 4 is 45.4 Å². The second-order valence-corrected chi connectivity index (χ2v) is 15.5. The number of amides is 3. The number of halogens is 1. The lowest BCUT2D eigenvalue weighted by molar-refractivity contribution is -0.148. The minimum absolute atomic E-state index is 0.0216. The summed E-state index contributed by atoms with van der Waals surface area (Å²) in [4.78, 5) is 49.3. The lowest BCUT2D eigenvalue weighted by Crippen LogP contribution is -2.59. The first kappa shape index (κ1) is 33.8. The number of hydrogen-bond acceptors (Lipinski definition) is 5. The number of carbonyl (C=O) groups is 3. The second-order valence-electron chi connectivity index (χ2n) is 12.8. The van der Waals surface area contributed by atoms with Crippen molar-refractivity contribution in [1.29, 1.82) is 0 Å². The Labute approximate surface area is 270 Å². The van der Waals surface area contributed by atoms with Gasteiger partial charge in [-0.25, -0.2) is 0 Å². The summed E-state index contributed by atoms with van der Waals surface area (Å²) < 4.78 is -0.768. The summed E-state index contributed by atoms with van der Waals surface area (Å²) >= 11 is 5.54. The van der Waals surface area contributed by atoms with E-state index in [0.29, 0.717) is 32.5 Å². The zero-order chi connectivity index (χ0) is 31.5. The Morgan fingerprint density at radius 3 is 2.42 bits per heavy atom. The van der Waals surface area contributed by atoms with Crippen molar-refractivity contribution in [2.24, 2.45) is 17.8 Å². The van der Waals surface area contributed by atoms with Crippen molar-refractivity contribution in [3.05, 3.63) is 61.2 Å². The quantitative estimate of drug-likeness (QED) is 0.203. The van der Waals surface area contributed by atoms with Crippen LogP contribution in [0.15, 0.2) is 55.6 Å². The van der Waals surface area contributed by atoms with Gasteiger partial charge in [0.2, 0.25) is 17.7 Å². The predicted octanol–water partition coefficient (Wildman–Crippen LogP) is 5.28. The highest BCUT2D eigenvalue weighted by molar-refractivity contribution is 9.09. The van der Waals surface area contributed by atoms with Gasteiger partial charge in [0, 0.05) is 35.8 Å². The predicted molar refractivity (Wildman–Crippen MR) is 178 cm³/mol. The molecule has 3 aliphatic rings. The Morgan fingerprint density at radius 2 is 1.84 bits per heavy atom. The highest BCUT2D eigenvalue weighted by Crippen LogP contribution is 2.68. The first-order valence-corrected chi connectivity index (χ1v) is 17.5. The van der Waals surface area contributed by atoms with Crippen LogP contribution in [-0.2, 0) is 20.9 Å². The number of hydrogen-bond donors (Lipinski definition) is 1. The Morgan fingerprint density at radius 1 is 1.16 bits per heavy atom. The molecule has 8 atom stereocenters. The maximum Gasteiger partial charge on any atom is 0.247 e. The van der Waals surface area contributed by atoms with E-state index in [1.807, 2.05) is 35.2 Å². The molecule has 1 aromatic rings. The van der Waals surface area contributed by atoms with Crippen LogP contribution in [0.4, 0.5) is 0 Å². The number of rotatable bonds is 15. The van der Waals surface area contributed by atoms with Gasteiger partial charge in [-0.1, -0.05) is 85.6 Å². The molecule has 4 unspecified atom stereocenters. The molecule has 3 fully saturated rings. The fourth-order valence-electron chi connectivity index (χ4n) is 7.60. The van der Waals surface area contributed by atoms with Crippen molar-refractivity contribution in [3.8, 4) is 0 Å². The number of thioether (sulfide) groups is 1. The minimum atomic E-state index is -0.769. The largest absolute Gasteiger partial charge is 0.394 e. The second kappa shape index (κ2) is 14.3. The van der Waals surface area contributed by atoms with Gasteiger partial charge in [0.1, 0.15) is 6.04 Å². The number of alkyl halides is 1. The lowest BCUT2D eigenvalue weighted by Gasteiger charge is -2.41.